The maximum Gasteiger partial charge on any atom is 0.312 e. The average Bonchev–Trinajstić information content (AvgIpc) is 2.86. The molecule has 2 heterocycles. The van der Waals surface area contributed by atoms with Crippen LogP contribution in [0.3, 0.4) is 0 Å². The Kier molecular flexibility index (Phi) is 5.77. The molecule has 2 aromatic heterocycles. The van der Waals surface area contributed by atoms with E-state index in [9.17, 15) is 19.7 Å². The number of hydrogen-bond donors (Lipinski definition) is 2. The van der Waals surface area contributed by atoms with E-state index in [1.807, 2.05) is 0 Å². The summed E-state index contributed by atoms with van der Waals surface area (Å²) in [5.74, 6) is -0.632. The van der Waals surface area contributed by atoms with Crippen molar-refractivity contribution in [1.82, 2.24) is 25.4 Å². The molecule has 10 heteroatoms. The number of nitrogens with zero attached hydrogens (tertiary/aromatic N) is 4. The highest BCUT2D eigenvalue weighted by molar-refractivity contribution is 5.93. The number of nitro groups is 1. The smallest absolute Gasteiger partial charge is 0.312 e. The Labute approximate surface area is 143 Å². The Bertz CT molecular complexity index is 787. The minimum absolute atomic E-state index is 0.0865. The first-order valence-electron chi connectivity index (χ1n) is 7.53. The lowest BCUT2D eigenvalue weighted by Crippen LogP contribution is -2.36. The van der Waals surface area contributed by atoms with Crippen LogP contribution in [0, 0.1) is 24.0 Å². The van der Waals surface area contributed by atoms with Gasteiger partial charge in [-0.15, -0.1) is 0 Å². The van der Waals surface area contributed by atoms with Gasteiger partial charge in [0, 0.05) is 25.5 Å². The molecule has 2 N–H and O–H groups in total. The average molecular weight is 346 g/mol. The second-order valence-electron chi connectivity index (χ2n) is 5.28. The van der Waals surface area contributed by atoms with Gasteiger partial charge >= 0.3 is 5.69 Å². The highest BCUT2D eigenvalue weighted by Gasteiger charge is 2.22. The molecule has 0 saturated carbocycles. The van der Waals surface area contributed by atoms with E-state index in [1.54, 1.807) is 25.3 Å². The van der Waals surface area contributed by atoms with E-state index in [0.29, 0.717) is 11.3 Å². The summed E-state index contributed by atoms with van der Waals surface area (Å²) in [6, 6.07) is 3.29. The Morgan fingerprint density at radius 2 is 2.00 bits per heavy atom. The van der Waals surface area contributed by atoms with Gasteiger partial charge < -0.3 is 10.6 Å². The van der Waals surface area contributed by atoms with Crippen LogP contribution in [0.4, 0.5) is 5.69 Å². The summed E-state index contributed by atoms with van der Waals surface area (Å²) in [5.41, 5.74) is 0.932. The molecule has 0 saturated heterocycles. The third-order valence-corrected chi connectivity index (χ3v) is 3.48. The van der Waals surface area contributed by atoms with E-state index in [-0.39, 0.29) is 42.8 Å². The molecule has 0 radical (unpaired) electrons. The second kappa shape index (κ2) is 7.99. The standard InChI is InChI=1S/C15H18N6O4/c1-10-14(21(24)25)11(2)20(19-10)9-13(22)17-6-7-18-15(23)12-4-3-5-16-8-12/h3-5,8H,6-7,9H2,1-2H3,(H,17,22)(H,18,23). The molecule has 2 rings (SSSR count). The van der Waals surface area contributed by atoms with Gasteiger partial charge in [0.1, 0.15) is 17.9 Å². The number of hydrogen-bond acceptors (Lipinski definition) is 6. The maximum absolute atomic E-state index is 11.9. The van der Waals surface area contributed by atoms with Crippen LogP contribution in [0.5, 0.6) is 0 Å². The number of nitrogens with one attached hydrogen (secondary N) is 2. The normalized spacial score (nSPS) is 10.3. The monoisotopic (exact) mass is 346 g/mol. The van der Waals surface area contributed by atoms with E-state index in [4.69, 9.17) is 0 Å². The third kappa shape index (κ3) is 4.59. The fourth-order valence-electron chi connectivity index (χ4n) is 2.27. The van der Waals surface area contributed by atoms with Gasteiger partial charge in [-0.2, -0.15) is 5.10 Å². The lowest BCUT2D eigenvalue weighted by atomic mass is 10.3. The van der Waals surface area contributed by atoms with Gasteiger partial charge in [-0.1, -0.05) is 0 Å². The van der Waals surface area contributed by atoms with Crippen molar-refractivity contribution in [2.75, 3.05) is 13.1 Å². The van der Waals surface area contributed by atoms with Crippen molar-refractivity contribution >= 4 is 17.5 Å². The Morgan fingerprint density at radius 1 is 1.28 bits per heavy atom. The number of aromatic nitrogens is 3. The quantitative estimate of drug-likeness (QED) is 0.422. The number of aryl methyl sites for hydroxylation is 1. The summed E-state index contributed by atoms with van der Waals surface area (Å²) >= 11 is 0. The van der Waals surface area contributed by atoms with Gasteiger partial charge in [0.2, 0.25) is 5.91 Å². The van der Waals surface area contributed by atoms with Gasteiger partial charge in [0.05, 0.1) is 10.5 Å². The Balaban J connectivity index is 1.79. The van der Waals surface area contributed by atoms with Gasteiger partial charge in [-0.05, 0) is 26.0 Å². The minimum atomic E-state index is -0.514. The van der Waals surface area contributed by atoms with E-state index >= 15 is 0 Å². The molecule has 10 nitrogen and oxygen atoms in total. The number of rotatable bonds is 7. The summed E-state index contributed by atoms with van der Waals surface area (Å²) in [4.78, 5) is 38.0. The maximum atomic E-state index is 11.9. The molecular formula is C15H18N6O4. The molecule has 0 atom stereocenters. The molecule has 132 valence electrons. The number of carbonyl (C=O) groups is 2. The molecule has 0 aromatic carbocycles. The zero-order chi connectivity index (χ0) is 18.4. The summed E-state index contributed by atoms with van der Waals surface area (Å²) in [7, 11) is 0. The molecule has 0 bridgehead atoms. The molecule has 2 aromatic rings. The van der Waals surface area contributed by atoms with E-state index in [1.165, 1.54) is 17.8 Å². The van der Waals surface area contributed by atoms with Crippen LogP contribution in [-0.4, -0.2) is 44.6 Å². The topological polar surface area (TPSA) is 132 Å². The van der Waals surface area contributed by atoms with Crippen molar-refractivity contribution in [3.63, 3.8) is 0 Å². The highest BCUT2D eigenvalue weighted by atomic mass is 16.6. The Hall–Kier alpha value is -3.30. The predicted octanol–water partition coefficient (Wildman–Crippen LogP) is 0.349. The molecule has 2 amide bonds. The van der Waals surface area contributed by atoms with Gasteiger partial charge in [0.25, 0.3) is 5.91 Å². The molecule has 0 aliphatic rings. The first-order chi connectivity index (χ1) is 11.9. The lowest BCUT2D eigenvalue weighted by molar-refractivity contribution is -0.386. The second-order valence-corrected chi connectivity index (χ2v) is 5.28. The van der Waals surface area contributed by atoms with Crippen LogP contribution in [0.25, 0.3) is 0 Å². The van der Waals surface area contributed by atoms with Crippen LogP contribution in [0.2, 0.25) is 0 Å². The lowest BCUT2D eigenvalue weighted by Gasteiger charge is -2.08. The van der Waals surface area contributed by atoms with Crippen molar-refractivity contribution in [2.24, 2.45) is 0 Å². The SMILES string of the molecule is Cc1nn(CC(=O)NCCNC(=O)c2cccnc2)c(C)c1[N+](=O)[O-]. The molecule has 0 fully saturated rings. The molecular weight excluding hydrogens is 328 g/mol. The van der Waals surface area contributed by atoms with Crippen molar-refractivity contribution < 1.29 is 14.5 Å². The fourth-order valence-corrected chi connectivity index (χ4v) is 2.27. The van der Waals surface area contributed by atoms with Crippen LogP contribution in [0.1, 0.15) is 21.7 Å². The van der Waals surface area contributed by atoms with Crippen molar-refractivity contribution in [1.29, 1.82) is 0 Å². The first kappa shape index (κ1) is 18.0. The zero-order valence-electron chi connectivity index (χ0n) is 13.9. The zero-order valence-corrected chi connectivity index (χ0v) is 13.9. The highest BCUT2D eigenvalue weighted by Crippen LogP contribution is 2.21. The minimum Gasteiger partial charge on any atom is -0.353 e. The first-order valence-corrected chi connectivity index (χ1v) is 7.53. The largest absolute Gasteiger partial charge is 0.353 e. The number of amides is 2. The molecule has 0 aliphatic carbocycles. The van der Waals surface area contributed by atoms with E-state index in [2.05, 4.69) is 20.7 Å². The van der Waals surface area contributed by atoms with E-state index in [0.717, 1.165) is 0 Å². The predicted molar refractivity (Wildman–Crippen MR) is 87.9 cm³/mol. The number of carbonyl (C=O) groups excluding carboxylic acids is 2. The molecule has 0 unspecified atom stereocenters. The summed E-state index contributed by atoms with van der Waals surface area (Å²) < 4.78 is 1.29. The fraction of sp³-hybridized carbons (Fsp3) is 0.333. The van der Waals surface area contributed by atoms with Crippen LogP contribution >= 0.6 is 0 Å². The summed E-state index contributed by atoms with van der Waals surface area (Å²) in [6.07, 6.45) is 3.02. The molecule has 0 spiro atoms. The summed E-state index contributed by atoms with van der Waals surface area (Å²) in [5, 5.41) is 20.2. The van der Waals surface area contributed by atoms with Gasteiger partial charge in [-0.25, -0.2) is 0 Å². The van der Waals surface area contributed by atoms with Crippen molar-refractivity contribution in [3.05, 3.63) is 51.6 Å². The van der Waals surface area contributed by atoms with Crippen molar-refractivity contribution in [3.8, 4) is 0 Å². The van der Waals surface area contributed by atoms with E-state index < -0.39 is 4.92 Å². The third-order valence-electron chi connectivity index (χ3n) is 3.48. The number of pyridine rings is 1. The molecule has 0 aliphatic heterocycles. The summed E-state index contributed by atoms with van der Waals surface area (Å²) in [6.45, 7) is 3.41. The van der Waals surface area contributed by atoms with Gasteiger partial charge in [0.15, 0.2) is 0 Å². The van der Waals surface area contributed by atoms with Gasteiger partial charge in [-0.3, -0.25) is 29.4 Å². The van der Waals surface area contributed by atoms with Crippen LogP contribution in [-0.2, 0) is 11.3 Å². The van der Waals surface area contributed by atoms with Crippen molar-refractivity contribution in [2.45, 2.75) is 20.4 Å². The molecule has 25 heavy (non-hydrogen) atoms. The van der Waals surface area contributed by atoms with Crippen LogP contribution < -0.4 is 10.6 Å². The van der Waals surface area contributed by atoms with Crippen LogP contribution in [0.15, 0.2) is 24.5 Å². The Morgan fingerprint density at radius 3 is 2.60 bits per heavy atom.